The number of halogens is 1. The minimum atomic E-state index is -0.781. The van der Waals surface area contributed by atoms with Crippen LogP contribution in [0.3, 0.4) is 0 Å². The number of hydrogen-bond acceptors (Lipinski definition) is 4. The Morgan fingerprint density at radius 3 is 3.12 bits per heavy atom. The number of benzene rings is 1. The second-order valence-corrected chi connectivity index (χ2v) is 4.09. The highest BCUT2D eigenvalue weighted by atomic mass is 35.5. The molecule has 1 aliphatic rings. The number of carbonyl (C=O) groups excluding carboxylic acids is 1. The molecule has 2 atom stereocenters. The fourth-order valence-corrected chi connectivity index (χ4v) is 1.79. The smallest absolute Gasteiger partial charge is 0.265 e. The maximum atomic E-state index is 11.7. The third-order valence-corrected chi connectivity index (χ3v) is 2.71. The van der Waals surface area contributed by atoms with Crippen LogP contribution in [-0.4, -0.2) is 18.1 Å². The van der Waals surface area contributed by atoms with E-state index in [0.29, 0.717) is 16.5 Å². The van der Waals surface area contributed by atoms with Crippen molar-refractivity contribution >= 4 is 23.2 Å². The van der Waals surface area contributed by atoms with Crippen molar-refractivity contribution < 1.29 is 9.53 Å². The number of nitrogens with two attached hydrogens (primary N) is 1. The molecule has 1 aliphatic heterocycles. The summed E-state index contributed by atoms with van der Waals surface area (Å²) < 4.78 is 5.47. The number of para-hydroxylation sites is 1. The number of fused-ring (bicyclic) bond motifs is 1. The Balaban J connectivity index is 2.23. The molecular weight excluding hydrogens is 242 g/mol. The van der Waals surface area contributed by atoms with Gasteiger partial charge in [-0.2, -0.15) is 5.26 Å². The molecular formula is C11H10ClN3O2. The van der Waals surface area contributed by atoms with E-state index < -0.39 is 12.1 Å². The Labute approximate surface area is 103 Å². The highest BCUT2D eigenvalue weighted by Crippen LogP contribution is 2.36. The second kappa shape index (κ2) is 4.62. The molecule has 1 aromatic carbocycles. The molecule has 0 aliphatic carbocycles. The Hall–Kier alpha value is -1.77. The number of carbonyl (C=O) groups is 1. The minimum Gasteiger partial charge on any atom is -0.477 e. The zero-order chi connectivity index (χ0) is 12.4. The van der Waals surface area contributed by atoms with Gasteiger partial charge in [-0.15, -0.1) is 0 Å². The minimum absolute atomic E-state index is 0.132. The molecule has 0 radical (unpaired) electrons. The summed E-state index contributed by atoms with van der Waals surface area (Å²) in [6.07, 6.45) is -0.649. The van der Waals surface area contributed by atoms with E-state index in [4.69, 9.17) is 27.3 Å². The van der Waals surface area contributed by atoms with Crippen LogP contribution in [0.4, 0.5) is 5.69 Å². The van der Waals surface area contributed by atoms with Crippen molar-refractivity contribution in [2.45, 2.75) is 18.6 Å². The van der Waals surface area contributed by atoms with Gasteiger partial charge in [-0.3, -0.25) is 4.79 Å². The van der Waals surface area contributed by atoms with Crippen LogP contribution in [0.25, 0.3) is 0 Å². The fraction of sp³-hybridized carbons (Fsp3) is 0.273. The Bertz CT molecular complexity index is 498. The van der Waals surface area contributed by atoms with Crippen LogP contribution in [0.15, 0.2) is 18.2 Å². The quantitative estimate of drug-likeness (QED) is 0.829. The monoisotopic (exact) mass is 251 g/mol. The van der Waals surface area contributed by atoms with E-state index >= 15 is 0 Å². The van der Waals surface area contributed by atoms with Crippen molar-refractivity contribution in [3.05, 3.63) is 23.2 Å². The zero-order valence-corrected chi connectivity index (χ0v) is 9.57. The summed E-state index contributed by atoms with van der Waals surface area (Å²) in [5, 5.41) is 11.7. The molecule has 2 rings (SSSR count). The van der Waals surface area contributed by atoms with E-state index in [2.05, 4.69) is 5.32 Å². The Morgan fingerprint density at radius 2 is 2.41 bits per heavy atom. The zero-order valence-electron chi connectivity index (χ0n) is 8.81. The van der Waals surface area contributed by atoms with Gasteiger partial charge in [0.25, 0.3) is 5.91 Å². The predicted octanol–water partition coefficient (Wildman–Crippen LogP) is 1.28. The maximum absolute atomic E-state index is 11.7. The van der Waals surface area contributed by atoms with Crippen molar-refractivity contribution in [1.82, 2.24) is 0 Å². The van der Waals surface area contributed by atoms with Gasteiger partial charge in [-0.05, 0) is 12.1 Å². The molecule has 6 heteroatoms. The molecule has 3 N–H and O–H groups in total. The molecule has 5 nitrogen and oxygen atoms in total. The second-order valence-electron chi connectivity index (χ2n) is 3.68. The summed E-state index contributed by atoms with van der Waals surface area (Å²) in [5.74, 6) is 0.106. The standard InChI is InChI=1S/C11H10ClN3O2/c12-7-2-1-3-8-10(7)17-9(11(16)15-8)4-6(14)5-13/h1-3,6,9H,4,14H2,(H,15,16). The molecule has 0 spiro atoms. The first-order valence-corrected chi connectivity index (χ1v) is 5.41. The fourth-order valence-electron chi connectivity index (χ4n) is 1.57. The summed E-state index contributed by atoms with van der Waals surface area (Å²) >= 11 is 5.95. The molecule has 1 heterocycles. The third kappa shape index (κ3) is 2.33. The summed E-state index contributed by atoms with van der Waals surface area (Å²) in [7, 11) is 0. The van der Waals surface area contributed by atoms with Crippen molar-refractivity contribution in [2.24, 2.45) is 5.73 Å². The van der Waals surface area contributed by atoms with Crippen LogP contribution in [-0.2, 0) is 4.79 Å². The molecule has 0 aromatic heterocycles. The molecule has 0 saturated heterocycles. The number of amides is 1. The molecule has 2 unspecified atom stereocenters. The van der Waals surface area contributed by atoms with Crippen molar-refractivity contribution in [3.63, 3.8) is 0 Å². The van der Waals surface area contributed by atoms with Gasteiger partial charge in [0.2, 0.25) is 0 Å². The van der Waals surface area contributed by atoms with Gasteiger partial charge in [0.05, 0.1) is 22.8 Å². The first-order valence-electron chi connectivity index (χ1n) is 5.03. The van der Waals surface area contributed by atoms with Crippen LogP contribution < -0.4 is 15.8 Å². The topological polar surface area (TPSA) is 88.1 Å². The lowest BCUT2D eigenvalue weighted by Crippen LogP contribution is -2.41. The lowest BCUT2D eigenvalue weighted by atomic mass is 10.1. The SMILES string of the molecule is N#CC(N)CC1Oc2c(Cl)cccc2NC1=O. The summed E-state index contributed by atoms with van der Waals surface area (Å²) in [6.45, 7) is 0. The van der Waals surface area contributed by atoms with Crippen molar-refractivity contribution in [2.75, 3.05) is 5.32 Å². The van der Waals surface area contributed by atoms with E-state index in [1.807, 2.05) is 6.07 Å². The van der Waals surface area contributed by atoms with Gasteiger partial charge in [-0.25, -0.2) is 0 Å². The highest BCUT2D eigenvalue weighted by Gasteiger charge is 2.30. The molecule has 1 aromatic rings. The first-order chi connectivity index (χ1) is 8.11. The van der Waals surface area contributed by atoms with E-state index in [-0.39, 0.29) is 12.3 Å². The van der Waals surface area contributed by atoms with Crippen LogP contribution >= 0.6 is 11.6 Å². The number of rotatable bonds is 2. The van der Waals surface area contributed by atoms with E-state index in [1.165, 1.54) is 0 Å². The Kier molecular flexibility index (Phi) is 3.18. The van der Waals surface area contributed by atoms with Crippen LogP contribution in [0.2, 0.25) is 5.02 Å². The molecule has 17 heavy (non-hydrogen) atoms. The molecule has 88 valence electrons. The molecule has 0 bridgehead atoms. The summed E-state index contributed by atoms with van der Waals surface area (Å²) in [5.41, 5.74) is 6.00. The molecule has 0 saturated carbocycles. The summed E-state index contributed by atoms with van der Waals surface area (Å²) in [6, 6.07) is 6.19. The average Bonchev–Trinajstić information content (AvgIpc) is 2.31. The molecule has 0 fully saturated rings. The van der Waals surface area contributed by atoms with E-state index in [0.717, 1.165) is 0 Å². The normalized spacial score (nSPS) is 19.6. The van der Waals surface area contributed by atoms with E-state index in [1.54, 1.807) is 18.2 Å². The average molecular weight is 252 g/mol. The van der Waals surface area contributed by atoms with E-state index in [9.17, 15) is 4.79 Å². The van der Waals surface area contributed by atoms with Gasteiger partial charge in [0, 0.05) is 6.42 Å². The van der Waals surface area contributed by atoms with Crippen molar-refractivity contribution in [1.29, 1.82) is 5.26 Å². The lowest BCUT2D eigenvalue weighted by molar-refractivity contribution is -0.123. The maximum Gasteiger partial charge on any atom is 0.265 e. The van der Waals surface area contributed by atoms with Crippen LogP contribution in [0.5, 0.6) is 5.75 Å². The van der Waals surface area contributed by atoms with Crippen molar-refractivity contribution in [3.8, 4) is 11.8 Å². The van der Waals surface area contributed by atoms with Crippen LogP contribution in [0.1, 0.15) is 6.42 Å². The largest absolute Gasteiger partial charge is 0.477 e. The first kappa shape index (κ1) is 11.7. The van der Waals surface area contributed by atoms with Gasteiger partial charge in [-0.1, -0.05) is 17.7 Å². The highest BCUT2D eigenvalue weighted by molar-refractivity contribution is 6.32. The van der Waals surface area contributed by atoms with Crippen LogP contribution in [0, 0.1) is 11.3 Å². The van der Waals surface area contributed by atoms with Gasteiger partial charge < -0.3 is 15.8 Å². The number of nitriles is 1. The van der Waals surface area contributed by atoms with Gasteiger partial charge >= 0.3 is 0 Å². The number of anilines is 1. The number of hydrogen-bond donors (Lipinski definition) is 2. The third-order valence-electron chi connectivity index (χ3n) is 2.41. The van der Waals surface area contributed by atoms with Gasteiger partial charge in [0.1, 0.15) is 0 Å². The number of nitrogens with one attached hydrogen (secondary N) is 1. The summed E-state index contributed by atoms with van der Waals surface area (Å²) in [4.78, 5) is 11.7. The predicted molar refractivity (Wildman–Crippen MR) is 62.7 cm³/mol. The van der Waals surface area contributed by atoms with Gasteiger partial charge in [0.15, 0.2) is 11.9 Å². The molecule has 1 amide bonds. The number of ether oxygens (including phenoxy) is 1. The number of nitrogens with zero attached hydrogens (tertiary/aromatic N) is 1. The Morgan fingerprint density at radius 1 is 1.65 bits per heavy atom. The lowest BCUT2D eigenvalue weighted by Gasteiger charge is -2.26.